The van der Waals surface area contributed by atoms with E-state index in [2.05, 4.69) is 10.5 Å². The molecule has 0 bridgehead atoms. The number of carbonyl (C=O) groups is 1. The minimum absolute atomic E-state index is 0.0806. The molecule has 0 aliphatic carbocycles. The third-order valence-electron chi connectivity index (χ3n) is 5.05. The Hall–Kier alpha value is -3.16. The summed E-state index contributed by atoms with van der Waals surface area (Å²) in [5.41, 5.74) is 5.50. The number of hydrogen-bond acceptors (Lipinski definition) is 4. The molecule has 0 atom stereocenters. The van der Waals surface area contributed by atoms with Crippen LogP contribution in [0.15, 0.2) is 88.9 Å². The van der Waals surface area contributed by atoms with E-state index in [0.717, 1.165) is 22.0 Å². The summed E-state index contributed by atoms with van der Waals surface area (Å²) in [6, 6.07) is 22.8. The molecule has 3 rings (SSSR count). The third kappa shape index (κ3) is 6.66. The molecular weight excluding hydrogens is 458 g/mol. The Labute approximate surface area is 200 Å². The maximum atomic E-state index is 13.3. The van der Waals surface area contributed by atoms with E-state index < -0.39 is 22.5 Å². The number of benzene rings is 3. The number of nitrogens with one attached hydrogen (secondary N) is 1. The molecule has 3 aromatic rings. The van der Waals surface area contributed by atoms with Crippen LogP contribution in [0.25, 0.3) is 0 Å². The van der Waals surface area contributed by atoms with Crippen molar-refractivity contribution in [2.45, 2.75) is 31.6 Å². The van der Waals surface area contributed by atoms with Gasteiger partial charge >= 0.3 is 0 Å². The van der Waals surface area contributed by atoms with Crippen LogP contribution in [0.2, 0.25) is 5.02 Å². The maximum absolute atomic E-state index is 13.3. The highest BCUT2D eigenvalue weighted by Gasteiger charge is 2.27. The molecule has 0 heterocycles. The zero-order chi connectivity index (χ0) is 23.8. The second kappa shape index (κ2) is 11.1. The van der Waals surface area contributed by atoms with Crippen LogP contribution in [0.3, 0.4) is 0 Å². The van der Waals surface area contributed by atoms with Crippen LogP contribution in [-0.2, 0) is 21.2 Å². The smallest absolute Gasteiger partial charge is 0.264 e. The van der Waals surface area contributed by atoms with Gasteiger partial charge in [0, 0.05) is 10.7 Å². The number of sulfonamides is 1. The molecule has 0 spiro atoms. The average molecular weight is 484 g/mol. The Balaban J connectivity index is 1.77. The standard InChI is InChI=1S/C25H26ClN3O3S/c1-19-13-16-22(17-24(19)26)29(33(31,32)23-11-7-4-8-12-23)18-25(30)28-27-20(2)14-15-21-9-5-3-6-10-21/h3-13,16-17H,14-15,18H2,1-2H3,(H,28,30)/b27-20-. The fraction of sp³-hybridized carbons (Fsp3) is 0.200. The molecule has 0 aromatic heterocycles. The molecular formula is C25H26ClN3O3S. The van der Waals surface area contributed by atoms with Gasteiger partial charge in [0.2, 0.25) is 0 Å². The molecule has 0 aliphatic heterocycles. The van der Waals surface area contributed by atoms with E-state index in [-0.39, 0.29) is 4.90 Å². The van der Waals surface area contributed by atoms with Crippen molar-refractivity contribution in [3.05, 3.63) is 95.0 Å². The normalized spacial score (nSPS) is 11.8. The molecule has 0 fully saturated rings. The number of hydrogen-bond donors (Lipinski definition) is 1. The van der Waals surface area contributed by atoms with Gasteiger partial charge in [0.15, 0.2) is 0 Å². The van der Waals surface area contributed by atoms with Gasteiger partial charge in [-0.25, -0.2) is 13.8 Å². The average Bonchev–Trinajstić information content (AvgIpc) is 2.83. The monoisotopic (exact) mass is 483 g/mol. The first kappa shape index (κ1) is 24.5. The van der Waals surface area contributed by atoms with Crippen LogP contribution in [0.5, 0.6) is 0 Å². The van der Waals surface area contributed by atoms with Crippen LogP contribution >= 0.6 is 11.6 Å². The summed E-state index contributed by atoms with van der Waals surface area (Å²) < 4.78 is 27.7. The maximum Gasteiger partial charge on any atom is 0.264 e. The molecule has 33 heavy (non-hydrogen) atoms. The predicted molar refractivity (Wildman–Crippen MR) is 133 cm³/mol. The van der Waals surface area contributed by atoms with E-state index in [1.54, 1.807) is 36.4 Å². The van der Waals surface area contributed by atoms with Gasteiger partial charge in [0.25, 0.3) is 15.9 Å². The highest BCUT2D eigenvalue weighted by atomic mass is 35.5. The third-order valence-corrected chi connectivity index (χ3v) is 7.25. The summed E-state index contributed by atoms with van der Waals surface area (Å²) >= 11 is 6.23. The van der Waals surface area contributed by atoms with Gasteiger partial charge in [-0.3, -0.25) is 9.10 Å². The van der Waals surface area contributed by atoms with Gasteiger partial charge in [-0.1, -0.05) is 66.2 Å². The number of nitrogens with zero attached hydrogens (tertiary/aromatic N) is 2. The Morgan fingerprint density at radius 1 is 1.00 bits per heavy atom. The molecule has 0 saturated heterocycles. The van der Waals surface area contributed by atoms with Crippen molar-refractivity contribution in [3.8, 4) is 0 Å². The van der Waals surface area contributed by atoms with Crippen molar-refractivity contribution in [1.82, 2.24) is 5.43 Å². The molecule has 8 heteroatoms. The van der Waals surface area contributed by atoms with Gasteiger partial charge in [0.1, 0.15) is 6.54 Å². The van der Waals surface area contributed by atoms with E-state index >= 15 is 0 Å². The van der Waals surface area contributed by atoms with Gasteiger partial charge in [-0.15, -0.1) is 0 Å². The highest BCUT2D eigenvalue weighted by molar-refractivity contribution is 7.92. The number of halogens is 1. The molecule has 6 nitrogen and oxygen atoms in total. The molecule has 0 saturated carbocycles. The van der Waals surface area contributed by atoms with Crippen LogP contribution < -0.4 is 9.73 Å². The van der Waals surface area contributed by atoms with Crippen molar-refractivity contribution in [3.63, 3.8) is 0 Å². The Morgan fingerprint density at radius 3 is 2.27 bits per heavy atom. The van der Waals surface area contributed by atoms with Crippen LogP contribution in [0.1, 0.15) is 24.5 Å². The summed E-state index contributed by atoms with van der Waals surface area (Å²) in [4.78, 5) is 12.8. The van der Waals surface area contributed by atoms with Crippen molar-refractivity contribution in [2.24, 2.45) is 5.10 Å². The molecule has 1 N–H and O–H groups in total. The lowest BCUT2D eigenvalue weighted by atomic mass is 10.1. The largest absolute Gasteiger partial charge is 0.271 e. The van der Waals surface area contributed by atoms with Crippen molar-refractivity contribution in [1.29, 1.82) is 0 Å². The van der Waals surface area contributed by atoms with Crippen LogP contribution in [0, 0.1) is 6.92 Å². The molecule has 0 aliphatic rings. The summed E-state index contributed by atoms with van der Waals surface area (Å²) in [5, 5.41) is 4.55. The summed E-state index contributed by atoms with van der Waals surface area (Å²) in [7, 11) is -4.00. The fourth-order valence-electron chi connectivity index (χ4n) is 3.12. The molecule has 1 amide bonds. The number of amides is 1. The Bertz CT molecular complexity index is 1230. The second-order valence-corrected chi connectivity index (χ2v) is 9.90. The first-order chi connectivity index (χ1) is 15.8. The number of aryl methyl sites for hydroxylation is 2. The number of anilines is 1. The zero-order valence-corrected chi connectivity index (χ0v) is 20.1. The number of hydrazone groups is 1. The highest BCUT2D eigenvalue weighted by Crippen LogP contribution is 2.27. The Kier molecular flexibility index (Phi) is 8.25. The lowest BCUT2D eigenvalue weighted by molar-refractivity contribution is -0.119. The van der Waals surface area contributed by atoms with Gasteiger partial charge in [-0.2, -0.15) is 5.10 Å². The molecule has 172 valence electrons. The lowest BCUT2D eigenvalue weighted by Gasteiger charge is -2.24. The van der Waals surface area contributed by atoms with E-state index in [1.165, 1.54) is 17.7 Å². The SMILES string of the molecule is C/C(CCc1ccccc1)=N/NC(=O)CN(c1ccc(C)c(Cl)c1)S(=O)(=O)c1ccccc1. The summed E-state index contributed by atoms with van der Waals surface area (Å²) in [6.07, 6.45) is 1.46. The molecule has 0 radical (unpaired) electrons. The topological polar surface area (TPSA) is 78.8 Å². The van der Waals surface area contributed by atoms with Gasteiger partial charge in [0.05, 0.1) is 10.6 Å². The second-order valence-electron chi connectivity index (χ2n) is 7.63. The lowest BCUT2D eigenvalue weighted by Crippen LogP contribution is -2.39. The summed E-state index contributed by atoms with van der Waals surface area (Å²) in [6.45, 7) is 3.20. The minimum atomic E-state index is -4.00. The van der Waals surface area contributed by atoms with Crippen LogP contribution in [-0.4, -0.2) is 26.6 Å². The van der Waals surface area contributed by atoms with E-state index in [9.17, 15) is 13.2 Å². The fourth-order valence-corrected chi connectivity index (χ4v) is 4.73. The van der Waals surface area contributed by atoms with Crippen molar-refractivity contribution in [2.75, 3.05) is 10.8 Å². The van der Waals surface area contributed by atoms with E-state index in [4.69, 9.17) is 11.6 Å². The van der Waals surface area contributed by atoms with Gasteiger partial charge < -0.3 is 0 Å². The minimum Gasteiger partial charge on any atom is -0.271 e. The van der Waals surface area contributed by atoms with Crippen molar-refractivity contribution < 1.29 is 13.2 Å². The van der Waals surface area contributed by atoms with Crippen LogP contribution in [0.4, 0.5) is 5.69 Å². The number of carbonyl (C=O) groups excluding carboxylic acids is 1. The van der Waals surface area contributed by atoms with Crippen molar-refractivity contribution >= 4 is 38.9 Å². The van der Waals surface area contributed by atoms with Gasteiger partial charge in [-0.05, 0) is 62.1 Å². The number of rotatable bonds is 9. The quantitative estimate of drug-likeness (QED) is 0.345. The van der Waals surface area contributed by atoms with E-state index in [1.807, 2.05) is 44.2 Å². The first-order valence-corrected chi connectivity index (χ1v) is 12.3. The van der Waals surface area contributed by atoms with E-state index in [0.29, 0.717) is 17.1 Å². The summed E-state index contributed by atoms with van der Waals surface area (Å²) in [5.74, 6) is -0.551. The Morgan fingerprint density at radius 2 is 1.64 bits per heavy atom. The molecule has 3 aromatic carbocycles. The zero-order valence-electron chi connectivity index (χ0n) is 18.5. The first-order valence-electron chi connectivity index (χ1n) is 10.5. The molecule has 0 unspecified atom stereocenters. The predicted octanol–water partition coefficient (Wildman–Crippen LogP) is 4.97.